The topological polar surface area (TPSA) is 302 Å². The van der Waals surface area contributed by atoms with Crippen molar-refractivity contribution in [3.05, 3.63) is 135 Å². The lowest BCUT2D eigenvalue weighted by atomic mass is 10.0. The molecule has 100 heavy (non-hydrogen) atoms. The van der Waals surface area contributed by atoms with Crippen LogP contribution in [0.15, 0.2) is 135 Å². The number of carboxylic acids is 1. The van der Waals surface area contributed by atoms with Crippen LogP contribution < -0.4 is 40.2 Å². The molecule has 0 unspecified atom stereocenters. The van der Waals surface area contributed by atoms with Crippen molar-refractivity contribution in [1.82, 2.24) is 41.0 Å². The number of methoxy groups -OCH3 is 2. The van der Waals surface area contributed by atoms with E-state index in [1.165, 1.54) is 15.9 Å². The van der Waals surface area contributed by atoms with Crippen LogP contribution in [0.25, 0.3) is 44.3 Å². The van der Waals surface area contributed by atoms with E-state index in [4.69, 9.17) is 43.1 Å². The Morgan fingerprint density at radius 3 is 1.32 bits per heavy atom. The third-order valence-electron chi connectivity index (χ3n) is 17.9. The van der Waals surface area contributed by atoms with E-state index in [1.54, 1.807) is 103 Å². The van der Waals surface area contributed by atoms with E-state index >= 15 is 0 Å². The Hall–Kier alpha value is -10.3. The zero-order valence-electron chi connectivity index (χ0n) is 59.0. The van der Waals surface area contributed by atoms with Gasteiger partial charge in [0.15, 0.2) is 0 Å². The first kappa shape index (κ1) is 74.0. The second-order valence-corrected chi connectivity index (χ2v) is 28.2. The van der Waals surface area contributed by atoms with E-state index in [0.29, 0.717) is 57.2 Å². The maximum Gasteiger partial charge on any atom is 0.408 e. The van der Waals surface area contributed by atoms with E-state index in [9.17, 15) is 43.5 Å². The van der Waals surface area contributed by atoms with Gasteiger partial charge in [-0.1, -0.05) is 101 Å². The van der Waals surface area contributed by atoms with Gasteiger partial charge in [-0.3, -0.25) is 19.2 Å². The van der Waals surface area contributed by atoms with Crippen LogP contribution in [0.3, 0.4) is 0 Å². The molecule has 2 saturated heterocycles. The number of ether oxygens (including phenoxy) is 7. The molecule has 10 atom stereocenters. The number of hydrogen-bond acceptors (Lipinski definition) is 17. The molecule has 2 aromatic heterocycles. The monoisotopic (exact) mass is 1370 g/mol. The van der Waals surface area contributed by atoms with Gasteiger partial charge in [-0.25, -0.2) is 29.1 Å². The Kier molecular flexibility index (Phi) is 22.5. The fourth-order valence-electron chi connectivity index (χ4n) is 12.6. The van der Waals surface area contributed by atoms with Gasteiger partial charge in [0.2, 0.25) is 23.6 Å². The van der Waals surface area contributed by atoms with Crippen LogP contribution in [0.1, 0.15) is 102 Å². The van der Waals surface area contributed by atoms with Crippen LogP contribution >= 0.6 is 0 Å². The maximum absolute atomic E-state index is 14.3. The number of carbonyl (C=O) groups excluding carboxylic acids is 7. The van der Waals surface area contributed by atoms with Crippen LogP contribution in [0.2, 0.25) is 0 Å². The van der Waals surface area contributed by atoms with Crippen LogP contribution in [-0.2, 0) is 43.0 Å². The number of fused-ring (bicyclic) bond motifs is 2. The number of rotatable bonds is 23. The molecule has 0 spiro atoms. The number of benzene rings is 4. The summed E-state index contributed by atoms with van der Waals surface area (Å²) in [6.45, 7) is 26.9. The summed E-state index contributed by atoms with van der Waals surface area (Å²) in [5.41, 5.74) is 0.0151. The number of aromatic nitrogens is 2. The Bertz CT molecular complexity index is 4060. The Balaban J connectivity index is 0.000000233. The highest BCUT2D eigenvalue weighted by atomic mass is 16.6. The number of nitrogens with one attached hydrogen (secondary N) is 4. The molecule has 532 valence electrons. The Morgan fingerprint density at radius 1 is 0.590 bits per heavy atom. The van der Waals surface area contributed by atoms with Gasteiger partial charge in [0.05, 0.1) is 56.3 Å². The molecule has 4 aromatic carbocycles. The molecule has 0 radical (unpaired) electrons. The summed E-state index contributed by atoms with van der Waals surface area (Å²) in [7, 11) is 3.16. The summed E-state index contributed by atoms with van der Waals surface area (Å²) < 4.78 is 40.4. The highest BCUT2D eigenvalue weighted by molar-refractivity contribution is 5.98. The number of carboxylic acid groups (broad SMARTS) is 1. The van der Waals surface area contributed by atoms with Crippen molar-refractivity contribution in [2.75, 3.05) is 33.9 Å². The number of carbonyl (C=O) groups is 8. The predicted molar refractivity (Wildman–Crippen MR) is 375 cm³/mol. The van der Waals surface area contributed by atoms with Gasteiger partial charge in [0, 0.05) is 70.8 Å². The first-order chi connectivity index (χ1) is 47.3. The average Bonchev–Trinajstić information content (AvgIpc) is 1.57. The molecule has 0 bridgehead atoms. The minimum atomic E-state index is -1.50. The van der Waals surface area contributed by atoms with Gasteiger partial charge in [-0.2, -0.15) is 0 Å². The van der Waals surface area contributed by atoms with Crippen molar-refractivity contribution in [3.63, 3.8) is 0 Å². The first-order valence-corrected chi connectivity index (χ1v) is 33.7. The Labute approximate surface area is 582 Å². The number of esters is 1. The van der Waals surface area contributed by atoms with E-state index in [1.807, 2.05) is 103 Å². The third kappa shape index (κ3) is 17.1. The standard InChI is InChI=1S/C39H48N4O8.C37H44N4O8/c1-9-25-21-39(25,36(46)49-10-2)42-34(44)31-19-27(22-43(31)35(45)33(23(3)4)41-37(47)51-38(5,6)7)50-32-20-29(24-14-12-11-13-15-24)40-30-18-26(48-8)16-17-28(30)32;1-8-23-19-37(23,34(44)45)40-32(42)29-17-25(20-41(29)33(43)31(21(2)3)39-35(46)49-36(4,5)6)48-30-18-27(22-12-10-9-11-13-22)38-28-16-24(47-7)14-15-26(28)30/h9,11-18,20,23,25,27,31,33H,1,10,19,21-22H2,2-8H3,(H,41,47)(H,42,44);8-16,18,21,23,25,29,31H,1,17,19-20H2,2-7H3,(H,39,46)(H,40,42)(H,44,45)/t25-,27-,31+,33+,39-;23-,25-,29+,31+,37-/m11/s1. The second-order valence-electron chi connectivity index (χ2n) is 28.2. The van der Waals surface area contributed by atoms with Crippen molar-refractivity contribution >= 4 is 69.6 Å². The van der Waals surface area contributed by atoms with E-state index in [-0.39, 0.29) is 56.7 Å². The van der Waals surface area contributed by atoms with Crippen molar-refractivity contribution in [1.29, 1.82) is 0 Å². The van der Waals surface area contributed by atoms with Gasteiger partial charge in [0.1, 0.15) is 81.7 Å². The molecule has 4 heterocycles. The first-order valence-electron chi connectivity index (χ1n) is 33.7. The number of likely N-dealkylation sites (tertiary alicyclic amines) is 2. The van der Waals surface area contributed by atoms with E-state index < -0.39 is 112 Å². The summed E-state index contributed by atoms with van der Waals surface area (Å²) in [6.07, 6.45) is 1.03. The highest BCUT2D eigenvalue weighted by Gasteiger charge is 2.63. The lowest BCUT2D eigenvalue weighted by Gasteiger charge is -2.31. The summed E-state index contributed by atoms with van der Waals surface area (Å²) in [4.78, 5) is 120. The van der Waals surface area contributed by atoms with Crippen LogP contribution in [-0.4, -0.2) is 165 Å². The number of hydrogen-bond donors (Lipinski definition) is 5. The molecule has 2 aliphatic heterocycles. The fraction of sp³-hybridized carbons (Fsp3) is 0.447. The number of alkyl carbamates (subject to hydrolysis) is 2. The Morgan fingerprint density at radius 2 is 0.980 bits per heavy atom. The minimum Gasteiger partial charge on any atom is -0.497 e. The minimum absolute atomic E-state index is 0.00172. The predicted octanol–water partition coefficient (Wildman–Crippen LogP) is 10.4. The number of amides is 6. The van der Waals surface area contributed by atoms with Gasteiger partial charge in [-0.15, -0.1) is 13.2 Å². The summed E-state index contributed by atoms with van der Waals surface area (Å²) >= 11 is 0. The molecule has 5 N–H and O–H groups in total. The van der Waals surface area contributed by atoms with Crippen molar-refractivity contribution in [2.24, 2.45) is 23.7 Å². The van der Waals surface area contributed by atoms with Gasteiger partial charge >= 0.3 is 24.1 Å². The fourth-order valence-corrected chi connectivity index (χ4v) is 12.6. The number of pyridine rings is 2. The summed E-state index contributed by atoms with van der Waals surface area (Å²) in [5.74, 6) is -3.07. The lowest BCUT2D eigenvalue weighted by Crippen LogP contribution is -2.57. The molecule has 2 aliphatic carbocycles. The molecular formula is C76H92N8O16. The molecule has 24 nitrogen and oxygen atoms in total. The molecule has 4 aliphatic rings. The molecule has 10 rings (SSSR count). The van der Waals surface area contributed by atoms with E-state index in [0.717, 1.165) is 16.5 Å². The average molecular weight is 1370 g/mol. The molecular weight excluding hydrogens is 1280 g/mol. The van der Waals surface area contributed by atoms with Crippen molar-refractivity contribution in [2.45, 2.75) is 160 Å². The number of aliphatic carboxylic acids is 1. The zero-order chi connectivity index (χ0) is 72.8. The van der Waals surface area contributed by atoms with Crippen LogP contribution in [0.5, 0.6) is 23.0 Å². The van der Waals surface area contributed by atoms with Crippen molar-refractivity contribution in [3.8, 4) is 45.5 Å². The van der Waals surface area contributed by atoms with Gasteiger partial charge < -0.3 is 69.3 Å². The van der Waals surface area contributed by atoms with Crippen molar-refractivity contribution < 1.29 is 76.6 Å². The second kappa shape index (κ2) is 30.5. The van der Waals surface area contributed by atoms with E-state index in [2.05, 4.69) is 34.4 Å². The molecule has 4 fully saturated rings. The SMILES string of the molecule is C=C[C@@H]1C[C@]1(NC(=O)[C@@H]1C[C@@H](Oc2cc(-c3ccccc3)nc3cc(OC)ccc23)CN1C(=O)[C@@H](NC(=O)OC(C)(C)C)C(C)C)C(=O)O.C=C[C@@H]1C[C@]1(NC(=O)[C@@H]1C[C@@H](Oc2cc(-c3ccccc3)nc3cc(OC)ccc23)CN1C(=O)[C@@H](NC(=O)OC(C)(C)C)C(C)C)C(=O)OCC. The third-order valence-corrected chi connectivity index (χ3v) is 17.9. The quantitative estimate of drug-likeness (QED) is 0.0226. The summed E-state index contributed by atoms with van der Waals surface area (Å²) in [6, 6.07) is 29.8. The smallest absolute Gasteiger partial charge is 0.408 e. The molecule has 24 heteroatoms. The molecule has 6 amide bonds. The van der Waals surface area contributed by atoms with Crippen LogP contribution in [0.4, 0.5) is 9.59 Å². The summed E-state index contributed by atoms with van der Waals surface area (Å²) in [5, 5.41) is 22.4. The normalized spacial score (nSPS) is 22.0. The van der Waals surface area contributed by atoms with Gasteiger partial charge in [-0.05, 0) is 97.4 Å². The highest BCUT2D eigenvalue weighted by Crippen LogP contribution is 2.47. The zero-order valence-corrected chi connectivity index (χ0v) is 59.0. The largest absolute Gasteiger partial charge is 0.497 e. The molecule has 2 saturated carbocycles. The van der Waals surface area contributed by atoms with Crippen LogP contribution in [0, 0.1) is 23.7 Å². The molecule has 6 aromatic rings. The maximum atomic E-state index is 14.3. The van der Waals surface area contributed by atoms with Gasteiger partial charge in [0.25, 0.3) is 0 Å². The lowest BCUT2D eigenvalue weighted by molar-refractivity contribution is -0.150. The number of nitrogens with zero attached hydrogens (tertiary/aromatic N) is 4.